The molecule has 3 fully saturated rings. The minimum Gasteiger partial charge on any atom is -0.462 e. The van der Waals surface area contributed by atoms with Crippen LogP contribution in [0, 0.1) is 52.3 Å². The molecule has 0 radical (unpaired) electrons. The quantitative estimate of drug-likeness (QED) is 0.0700. The van der Waals surface area contributed by atoms with Crippen LogP contribution in [0.2, 0.25) is 0 Å². The number of unbranched alkanes of at least 4 members (excludes halogenated alkanes) is 10. The van der Waals surface area contributed by atoms with Crippen LogP contribution in [0.3, 0.4) is 0 Å². The normalized spacial score (nSPS) is 33.1. The summed E-state index contributed by atoms with van der Waals surface area (Å²) in [6.45, 7) is 17.3. The molecule has 0 heterocycles. The fraction of sp³-hybridized carbons (Fsp3) is 0.933. The highest BCUT2D eigenvalue weighted by Crippen LogP contribution is 2.67. The lowest BCUT2D eigenvalue weighted by atomic mass is 9.47. The monoisotopic (exact) mass is 653 g/mol. The van der Waals surface area contributed by atoms with Crippen molar-refractivity contribution in [3.05, 3.63) is 11.6 Å². The van der Waals surface area contributed by atoms with Crippen molar-refractivity contribution in [2.75, 3.05) is 0 Å². The second-order valence-electron chi connectivity index (χ2n) is 18.4. The third-order valence-corrected chi connectivity index (χ3v) is 14.7. The lowest BCUT2D eigenvalue weighted by Crippen LogP contribution is -2.51. The van der Waals surface area contributed by atoms with Gasteiger partial charge in [0.25, 0.3) is 0 Å². The molecule has 0 aromatic heterocycles. The van der Waals surface area contributed by atoms with Gasteiger partial charge in [-0.1, -0.05) is 156 Å². The van der Waals surface area contributed by atoms with Gasteiger partial charge in [0.1, 0.15) is 6.10 Å². The van der Waals surface area contributed by atoms with Crippen LogP contribution in [0.25, 0.3) is 0 Å². The van der Waals surface area contributed by atoms with Crippen molar-refractivity contribution in [1.29, 1.82) is 0 Å². The Kier molecular flexibility index (Phi) is 15.8. The first-order chi connectivity index (χ1) is 22.6. The Hall–Kier alpha value is -0.790. The predicted molar refractivity (Wildman–Crippen MR) is 202 cm³/mol. The van der Waals surface area contributed by atoms with E-state index in [4.69, 9.17) is 4.74 Å². The molecule has 47 heavy (non-hydrogen) atoms. The maximum atomic E-state index is 13.7. The van der Waals surface area contributed by atoms with Crippen LogP contribution in [-0.4, -0.2) is 12.1 Å². The zero-order chi connectivity index (χ0) is 33.9. The molecule has 0 saturated heterocycles. The predicted octanol–water partition coefficient (Wildman–Crippen LogP) is 14.1. The van der Waals surface area contributed by atoms with Crippen LogP contribution in [0.15, 0.2) is 11.6 Å². The van der Waals surface area contributed by atoms with Crippen LogP contribution in [-0.2, 0) is 9.53 Å². The topological polar surface area (TPSA) is 26.3 Å². The number of rotatable bonds is 21. The van der Waals surface area contributed by atoms with E-state index in [1.54, 1.807) is 5.57 Å². The molecule has 0 bridgehead atoms. The number of allylic oxidation sites excluding steroid dienone is 1. The molecule has 4 rings (SSSR count). The highest BCUT2D eigenvalue weighted by molar-refractivity contribution is 5.72. The van der Waals surface area contributed by atoms with Crippen molar-refractivity contribution < 1.29 is 9.53 Å². The van der Waals surface area contributed by atoms with Gasteiger partial charge >= 0.3 is 5.97 Å². The maximum Gasteiger partial charge on any atom is 0.309 e. The van der Waals surface area contributed by atoms with Gasteiger partial charge in [-0.25, -0.2) is 0 Å². The molecular weight excluding hydrogens is 572 g/mol. The zero-order valence-corrected chi connectivity index (χ0v) is 32.7. The minimum atomic E-state index is 0.103. The first kappa shape index (κ1) is 39.0. The summed E-state index contributed by atoms with van der Waals surface area (Å²) >= 11 is 0. The van der Waals surface area contributed by atoms with Crippen molar-refractivity contribution in [2.24, 2.45) is 52.3 Å². The van der Waals surface area contributed by atoms with Gasteiger partial charge in [-0.2, -0.15) is 0 Å². The number of hydrogen-bond donors (Lipinski definition) is 0. The summed E-state index contributed by atoms with van der Waals surface area (Å²) in [4.78, 5) is 13.7. The van der Waals surface area contributed by atoms with Gasteiger partial charge in [0, 0.05) is 6.42 Å². The number of ether oxygens (including phenoxy) is 1. The van der Waals surface area contributed by atoms with Crippen molar-refractivity contribution in [2.45, 2.75) is 215 Å². The van der Waals surface area contributed by atoms with Crippen molar-refractivity contribution in [3.63, 3.8) is 0 Å². The van der Waals surface area contributed by atoms with Gasteiger partial charge in [-0.3, -0.25) is 4.79 Å². The molecule has 272 valence electrons. The molecular formula is C45H80O2. The van der Waals surface area contributed by atoms with Crippen LogP contribution >= 0.6 is 0 Å². The Morgan fingerprint density at radius 3 is 2.02 bits per heavy atom. The maximum absolute atomic E-state index is 13.7. The summed E-state index contributed by atoms with van der Waals surface area (Å²) in [5, 5.41) is 0. The molecule has 9 atom stereocenters. The van der Waals surface area contributed by atoms with Gasteiger partial charge in [-0.15, -0.1) is 0 Å². The summed E-state index contributed by atoms with van der Waals surface area (Å²) in [6.07, 6.45) is 35.0. The Balaban J connectivity index is 1.32. The third-order valence-electron chi connectivity index (χ3n) is 14.7. The largest absolute Gasteiger partial charge is 0.462 e. The van der Waals surface area contributed by atoms with E-state index in [9.17, 15) is 4.79 Å². The molecule has 4 aliphatic rings. The molecule has 4 aliphatic carbocycles. The standard InChI is InChI=1S/C45H80O2/c1-8-10-12-14-15-17-19-24-36(23-18-16-13-11-9-2)43(46)47-38-29-31-44(6)37(33-38)25-26-39-41-28-27-40(35(5)22-20-21-34(3)4)45(41,7)32-30-42(39)44/h25,34-36,38-42H,8-24,26-33H2,1-7H3/t35-,36?,38?,39?,40-,41?,42?,44+,45-/m1/s1. The smallest absolute Gasteiger partial charge is 0.309 e. The molecule has 2 heteroatoms. The second-order valence-corrected chi connectivity index (χ2v) is 18.4. The van der Waals surface area contributed by atoms with E-state index in [0.717, 1.165) is 61.2 Å². The molecule has 0 amide bonds. The Labute approximate surface area is 293 Å². The van der Waals surface area contributed by atoms with E-state index in [0.29, 0.717) is 10.8 Å². The summed E-state index contributed by atoms with van der Waals surface area (Å²) in [7, 11) is 0. The van der Waals surface area contributed by atoms with Gasteiger partial charge < -0.3 is 4.74 Å². The molecule has 5 unspecified atom stereocenters. The Morgan fingerprint density at radius 2 is 1.38 bits per heavy atom. The highest BCUT2D eigenvalue weighted by Gasteiger charge is 2.59. The molecule has 0 aliphatic heterocycles. The number of hydrogen-bond acceptors (Lipinski definition) is 2. The summed E-state index contributed by atoms with van der Waals surface area (Å²) in [5.41, 5.74) is 2.53. The lowest BCUT2D eigenvalue weighted by molar-refractivity contribution is -0.157. The molecule has 0 aromatic rings. The molecule has 0 spiro atoms. The van der Waals surface area contributed by atoms with Gasteiger partial charge in [0.15, 0.2) is 0 Å². The summed E-state index contributed by atoms with van der Waals surface area (Å²) in [6, 6.07) is 0. The Bertz CT molecular complexity index is 950. The fourth-order valence-electron chi connectivity index (χ4n) is 11.7. The third kappa shape index (κ3) is 10.1. The van der Waals surface area contributed by atoms with Crippen molar-refractivity contribution in [3.8, 4) is 0 Å². The van der Waals surface area contributed by atoms with E-state index < -0.39 is 0 Å². The van der Waals surface area contributed by atoms with E-state index in [1.807, 2.05) is 0 Å². The van der Waals surface area contributed by atoms with E-state index in [1.165, 1.54) is 135 Å². The average Bonchev–Trinajstić information content (AvgIpc) is 3.40. The van der Waals surface area contributed by atoms with Gasteiger partial charge in [-0.05, 0) is 104 Å². The molecule has 0 N–H and O–H groups in total. The summed E-state index contributed by atoms with van der Waals surface area (Å²) in [5.74, 6) is 5.51. The zero-order valence-electron chi connectivity index (χ0n) is 32.7. The van der Waals surface area contributed by atoms with Gasteiger partial charge in [0.05, 0.1) is 5.92 Å². The van der Waals surface area contributed by atoms with Crippen LogP contribution in [0.1, 0.15) is 209 Å². The SMILES string of the molecule is CCCCCCCCCC(CCCCCCC)C(=O)OC1CC[C@@]2(C)C(=CCC3C2CC[C@@]2(C)C3CC[C@@H]2[C@H](C)CCCC(C)C)C1. The van der Waals surface area contributed by atoms with E-state index in [-0.39, 0.29) is 18.0 Å². The average molecular weight is 653 g/mol. The first-order valence-corrected chi connectivity index (χ1v) is 21.5. The molecule has 3 saturated carbocycles. The number of esters is 1. The molecule has 2 nitrogen and oxygen atoms in total. The van der Waals surface area contributed by atoms with Crippen LogP contribution in [0.5, 0.6) is 0 Å². The highest BCUT2D eigenvalue weighted by atomic mass is 16.5. The lowest BCUT2D eigenvalue weighted by Gasteiger charge is -2.58. The first-order valence-electron chi connectivity index (χ1n) is 21.5. The number of carbonyl (C=O) groups is 1. The van der Waals surface area contributed by atoms with Crippen LogP contribution in [0.4, 0.5) is 0 Å². The molecule has 0 aromatic carbocycles. The Morgan fingerprint density at radius 1 is 0.745 bits per heavy atom. The minimum absolute atomic E-state index is 0.103. The van der Waals surface area contributed by atoms with E-state index >= 15 is 0 Å². The van der Waals surface area contributed by atoms with E-state index in [2.05, 4.69) is 54.5 Å². The van der Waals surface area contributed by atoms with Crippen molar-refractivity contribution in [1.82, 2.24) is 0 Å². The summed E-state index contributed by atoms with van der Waals surface area (Å²) < 4.78 is 6.46. The fourth-order valence-corrected chi connectivity index (χ4v) is 11.7. The number of carbonyl (C=O) groups excluding carboxylic acids is 1. The van der Waals surface area contributed by atoms with Gasteiger partial charge in [0.2, 0.25) is 0 Å². The van der Waals surface area contributed by atoms with Crippen LogP contribution < -0.4 is 0 Å². The van der Waals surface area contributed by atoms with Crippen molar-refractivity contribution >= 4 is 5.97 Å². The number of fused-ring (bicyclic) bond motifs is 5. The second kappa shape index (κ2) is 19.0.